The number of ether oxygens (including phenoxy) is 2. The number of aromatic nitrogens is 4. The summed E-state index contributed by atoms with van der Waals surface area (Å²) >= 11 is 5.33. The SMILES string of the molecule is COc1ccc(Br)c(CNCCCSc2nnnn2-c2ccccc2)c1OCc1ccccc1C. The molecule has 0 unspecified atom stereocenters. The quantitative estimate of drug-likeness (QED) is 0.181. The van der Waals surface area contributed by atoms with Crippen LogP contribution in [0, 0.1) is 6.92 Å². The largest absolute Gasteiger partial charge is 0.493 e. The number of hydrogen-bond acceptors (Lipinski definition) is 7. The average Bonchev–Trinajstić information content (AvgIpc) is 3.36. The summed E-state index contributed by atoms with van der Waals surface area (Å²) in [6.07, 6.45) is 0.966. The minimum absolute atomic E-state index is 0.485. The molecule has 0 saturated carbocycles. The molecule has 0 saturated heterocycles. The van der Waals surface area contributed by atoms with Crippen molar-refractivity contribution < 1.29 is 9.47 Å². The van der Waals surface area contributed by atoms with E-state index in [1.807, 2.05) is 54.6 Å². The average molecular weight is 555 g/mol. The molecule has 4 aromatic rings. The number of nitrogens with one attached hydrogen (secondary N) is 1. The van der Waals surface area contributed by atoms with Gasteiger partial charge in [0, 0.05) is 22.3 Å². The van der Waals surface area contributed by atoms with Gasteiger partial charge in [-0.1, -0.05) is 70.2 Å². The van der Waals surface area contributed by atoms with E-state index in [-0.39, 0.29) is 0 Å². The van der Waals surface area contributed by atoms with Gasteiger partial charge in [-0.05, 0) is 65.7 Å². The van der Waals surface area contributed by atoms with Crippen LogP contribution in [0.5, 0.6) is 11.5 Å². The van der Waals surface area contributed by atoms with Crippen LogP contribution in [0.3, 0.4) is 0 Å². The van der Waals surface area contributed by atoms with E-state index in [2.05, 4.69) is 55.8 Å². The molecule has 0 amide bonds. The van der Waals surface area contributed by atoms with Crippen LogP contribution in [0.1, 0.15) is 23.1 Å². The predicted molar refractivity (Wildman–Crippen MR) is 142 cm³/mol. The van der Waals surface area contributed by atoms with Crippen molar-refractivity contribution in [2.24, 2.45) is 0 Å². The fraction of sp³-hybridized carbons (Fsp3) is 0.269. The van der Waals surface area contributed by atoms with Crippen LogP contribution in [0.15, 0.2) is 76.4 Å². The van der Waals surface area contributed by atoms with Crippen molar-refractivity contribution >= 4 is 27.7 Å². The minimum Gasteiger partial charge on any atom is -0.493 e. The maximum atomic E-state index is 6.27. The van der Waals surface area contributed by atoms with Crippen LogP contribution >= 0.6 is 27.7 Å². The Morgan fingerprint density at radius 1 is 1.03 bits per heavy atom. The predicted octanol–water partition coefficient (Wildman–Crippen LogP) is 5.59. The lowest BCUT2D eigenvalue weighted by atomic mass is 10.1. The molecule has 0 aliphatic heterocycles. The molecular formula is C26H28BrN5O2S. The second-order valence-corrected chi connectivity index (χ2v) is 9.78. The normalized spacial score (nSPS) is 10.9. The molecular weight excluding hydrogens is 526 g/mol. The zero-order chi connectivity index (χ0) is 24.5. The van der Waals surface area contributed by atoms with Crippen molar-refractivity contribution in [1.29, 1.82) is 0 Å². The lowest BCUT2D eigenvalue weighted by Crippen LogP contribution is -2.17. The molecule has 0 spiro atoms. The molecule has 0 aliphatic rings. The van der Waals surface area contributed by atoms with Crippen molar-refractivity contribution in [3.63, 3.8) is 0 Å². The second kappa shape index (κ2) is 12.7. The van der Waals surface area contributed by atoms with Gasteiger partial charge >= 0.3 is 0 Å². The van der Waals surface area contributed by atoms with Crippen molar-refractivity contribution in [2.45, 2.75) is 31.7 Å². The molecule has 1 N–H and O–H groups in total. The Bertz CT molecular complexity index is 1240. The van der Waals surface area contributed by atoms with Crippen LogP contribution < -0.4 is 14.8 Å². The Hall–Kier alpha value is -2.88. The van der Waals surface area contributed by atoms with Crippen molar-refractivity contribution in [3.8, 4) is 17.2 Å². The number of rotatable bonds is 12. The van der Waals surface area contributed by atoms with Gasteiger partial charge in [0.1, 0.15) is 6.61 Å². The fourth-order valence-electron chi connectivity index (χ4n) is 3.56. The zero-order valence-corrected chi connectivity index (χ0v) is 22.2. The van der Waals surface area contributed by atoms with Crippen molar-refractivity contribution in [3.05, 3.63) is 87.9 Å². The lowest BCUT2D eigenvalue weighted by molar-refractivity contribution is 0.280. The van der Waals surface area contributed by atoms with Crippen LogP contribution in [0.4, 0.5) is 0 Å². The Labute approximate surface area is 218 Å². The van der Waals surface area contributed by atoms with E-state index in [0.29, 0.717) is 13.2 Å². The van der Waals surface area contributed by atoms with E-state index >= 15 is 0 Å². The topological polar surface area (TPSA) is 74.1 Å². The summed E-state index contributed by atoms with van der Waals surface area (Å²) in [4.78, 5) is 0. The molecule has 0 bridgehead atoms. The van der Waals surface area contributed by atoms with E-state index in [9.17, 15) is 0 Å². The third kappa shape index (κ3) is 6.62. The Balaban J connectivity index is 1.31. The minimum atomic E-state index is 0.485. The van der Waals surface area contributed by atoms with Gasteiger partial charge in [-0.2, -0.15) is 4.68 Å². The Morgan fingerprint density at radius 3 is 2.63 bits per heavy atom. The van der Waals surface area contributed by atoms with Gasteiger partial charge in [-0.15, -0.1) is 5.10 Å². The zero-order valence-electron chi connectivity index (χ0n) is 19.8. The highest BCUT2D eigenvalue weighted by atomic mass is 79.9. The number of para-hydroxylation sites is 1. The number of tetrazole rings is 1. The molecule has 0 radical (unpaired) electrons. The smallest absolute Gasteiger partial charge is 0.214 e. The highest BCUT2D eigenvalue weighted by Gasteiger charge is 2.15. The van der Waals surface area contributed by atoms with E-state index < -0.39 is 0 Å². The molecule has 0 atom stereocenters. The number of halogens is 1. The van der Waals surface area contributed by atoms with Gasteiger partial charge in [0.15, 0.2) is 11.5 Å². The molecule has 3 aromatic carbocycles. The summed E-state index contributed by atoms with van der Waals surface area (Å²) in [5.41, 5.74) is 4.36. The first kappa shape index (κ1) is 25.2. The molecule has 7 nitrogen and oxygen atoms in total. The first-order valence-corrected chi connectivity index (χ1v) is 13.1. The summed E-state index contributed by atoms with van der Waals surface area (Å²) < 4.78 is 14.6. The van der Waals surface area contributed by atoms with Crippen molar-refractivity contribution in [1.82, 2.24) is 25.5 Å². The summed E-state index contributed by atoms with van der Waals surface area (Å²) in [6.45, 7) is 4.09. The second-order valence-electron chi connectivity index (χ2n) is 7.86. The van der Waals surface area contributed by atoms with Gasteiger partial charge in [0.2, 0.25) is 5.16 Å². The highest BCUT2D eigenvalue weighted by molar-refractivity contribution is 9.10. The molecule has 4 rings (SSSR count). The number of hydrogen-bond donors (Lipinski definition) is 1. The highest BCUT2D eigenvalue weighted by Crippen LogP contribution is 2.37. The maximum absolute atomic E-state index is 6.27. The summed E-state index contributed by atoms with van der Waals surface area (Å²) in [5, 5.41) is 16.4. The molecule has 35 heavy (non-hydrogen) atoms. The number of nitrogens with zero attached hydrogens (tertiary/aromatic N) is 4. The summed E-state index contributed by atoms with van der Waals surface area (Å²) in [5.74, 6) is 2.38. The molecule has 182 valence electrons. The molecule has 0 aliphatic carbocycles. The molecule has 0 fully saturated rings. The standard InChI is InChI=1S/C26H28BrN5O2S/c1-19-9-6-7-10-20(19)18-34-25-22(23(27)13-14-24(25)33-2)17-28-15-8-16-35-26-29-30-31-32(26)21-11-4-3-5-12-21/h3-7,9-14,28H,8,15-18H2,1-2H3. The van der Waals surface area contributed by atoms with Gasteiger partial charge in [-0.25, -0.2) is 0 Å². The van der Waals surface area contributed by atoms with E-state index in [1.165, 1.54) is 5.56 Å². The van der Waals surface area contributed by atoms with Gasteiger partial charge in [-0.3, -0.25) is 0 Å². The molecule has 1 aromatic heterocycles. The summed E-state index contributed by atoms with van der Waals surface area (Å²) in [6, 6.07) is 22.1. The van der Waals surface area contributed by atoms with Gasteiger partial charge in [0.05, 0.1) is 12.8 Å². The first-order chi connectivity index (χ1) is 17.2. The van der Waals surface area contributed by atoms with Crippen molar-refractivity contribution in [2.75, 3.05) is 19.4 Å². The van der Waals surface area contributed by atoms with Gasteiger partial charge in [0.25, 0.3) is 0 Å². The molecule has 9 heteroatoms. The van der Waals surface area contributed by atoms with Crippen LogP contribution in [-0.4, -0.2) is 39.6 Å². The number of thioether (sulfide) groups is 1. The third-order valence-electron chi connectivity index (χ3n) is 5.49. The van der Waals surface area contributed by atoms with Crippen LogP contribution in [0.25, 0.3) is 5.69 Å². The van der Waals surface area contributed by atoms with Crippen LogP contribution in [0.2, 0.25) is 0 Å². The summed E-state index contributed by atoms with van der Waals surface area (Å²) in [7, 11) is 1.67. The lowest BCUT2D eigenvalue weighted by Gasteiger charge is -2.18. The monoisotopic (exact) mass is 553 g/mol. The van der Waals surface area contributed by atoms with Gasteiger partial charge < -0.3 is 14.8 Å². The maximum Gasteiger partial charge on any atom is 0.214 e. The fourth-order valence-corrected chi connectivity index (χ4v) is 4.84. The molecule has 1 heterocycles. The third-order valence-corrected chi connectivity index (χ3v) is 7.24. The number of aryl methyl sites for hydroxylation is 1. The number of methoxy groups -OCH3 is 1. The van der Waals surface area contributed by atoms with E-state index in [0.717, 1.165) is 56.7 Å². The van der Waals surface area contributed by atoms with E-state index in [4.69, 9.17) is 9.47 Å². The Kier molecular flexibility index (Phi) is 9.16. The number of benzene rings is 3. The van der Waals surface area contributed by atoms with Crippen LogP contribution in [-0.2, 0) is 13.2 Å². The van der Waals surface area contributed by atoms with E-state index in [1.54, 1.807) is 23.6 Å². The Morgan fingerprint density at radius 2 is 1.83 bits per heavy atom. The first-order valence-electron chi connectivity index (χ1n) is 11.4.